The predicted molar refractivity (Wildman–Crippen MR) is 59.4 cm³/mol. The first-order chi connectivity index (χ1) is 7.54. The van der Waals surface area contributed by atoms with Gasteiger partial charge in [0.2, 0.25) is 0 Å². The smallest absolute Gasteiger partial charge is 0.165 e. The summed E-state index contributed by atoms with van der Waals surface area (Å²) < 4.78 is 23.6. The zero-order valence-electron chi connectivity index (χ0n) is 9.29. The summed E-state index contributed by atoms with van der Waals surface area (Å²) in [7, 11) is 1.56. The van der Waals surface area contributed by atoms with Crippen LogP contribution in [-0.2, 0) is 4.74 Å². The van der Waals surface area contributed by atoms with Gasteiger partial charge in [0.25, 0.3) is 0 Å². The van der Waals surface area contributed by atoms with Crippen LogP contribution in [0.25, 0.3) is 0 Å². The Balaban J connectivity index is 2.72. The van der Waals surface area contributed by atoms with Crippen LogP contribution >= 0.6 is 0 Å². The van der Waals surface area contributed by atoms with E-state index in [1.54, 1.807) is 7.11 Å². The van der Waals surface area contributed by atoms with Gasteiger partial charge in [-0.2, -0.15) is 0 Å². The van der Waals surface area contributed by atoms with Crippen LogP contribution < -0.4 is 10.5 Å². The third-order valence-electron chi connectivity index (χ3n) is 2.12. The molecule has 88 valence electrons. The monoisotopic (exact) mass is 226 g/mol. The van der Waals surface area contributed by atoms with E-state index in [2.05, 4.69) is 0 Å². The quantitative estimate of drug-likeness (QED) is 0.591. The summed E-state index contributed by atoms with van der Waals surface area (Å²) >= 11 is 0. The first-order valence-electron chi connectivity index (χ1n) is 4.84. The predicted octanol–water partition coefficient (Wildman–Crippen LogP) is 1.52. The highest BCUT2D eigenvalue weighted by molar-refractivity contribution is 5.95. The van der Waals surface area contributed by atoms with Crippen molar-refractivity contribution < 1.29 is 13.9 Å². The van der Waals surface area contributed by atoms with E-state index in [9.17, 15) is 4.39 Å². The Hall–Kier alpha value is -1.62. The van der Waals surface area contributed by atoms with Crippen molar-refractivity contribution >= 4 is 5.84 Å². The summed E-state index contributed by atoms with van der Waals surface area (Å²) in [6.07, 6.45) is -0.105. The molecule has 0 amide bonds. The van der Waals surface area contributed by atoms with E-state index >= 15 is 0 Å². The third kappa shape index (κ3) is 3.20. The summed E-state index contributed by atoms with van der Waals surface area (Å²) in [5.74, 6) is -0.569. The minimum Gasteiger partial charge on any atom is -0.488 e. The van der Waals surface area contributed by atoms with E-state index in [1.165, 1.54) is 18.2 Å². The molecule has 1 aromatic rings. The lowest BCUT2D eigenvalue weighted by atomic mass is 10.2. The van der Waals surface area contributed by atoms with E-state index in [0.29, 0.717) is 5.56 Å². The fourth-order valence-electron chi connectivity index (χ4n) is 1.06. The molecule has 1 atom stereocenters. The van der Waals surface area contributed by atoms with Crippen molar-refractivity contribution in [1.82, 2.24) is 0 Å². The molecule has 0 aliphatic carbocycles. The van der Waals surface area contributed by atoms with Crippen LogP contribution in [0.5, 0.6) is 5.75 Å². The number of halogens is 1. The highest BCUT2D eigenvalue weighted by atomic mass is 19.1. The van der Waals surface area contributed by atoms with Gasteiger partial charge >= 0.3 is 0 Å². The van der Waals surface area contributed by atoms with Crippen molar-refractivity contribution in [2.75, 3.05) is 13.7 Å². The second-order valence-corrected chi connectivity index (χ2v) is 3.42. The molecule has 3 N–H and O–H groups in total. The lowest BCUT2D eigenvalue weighted by Crippen LogP contribution is -2.17. The summed E-state index contributed by atoms with van der Waals surface area (Å²) in [5, 5.41) is 7.15. The Morgan fingerprint density at radius 1 is 1.56 bits per heavy atom. The molecule has 0 heterocycles. The average molecular weight is 226 g/mol. The SMILES string of the molecule is COC(C)COc1ccc(C(=N)N)cc1F. The van der Waals surface area contributed by atoms with Crippen LogP contribution in [0.4, 0.5) is 4.39 Å². The number of methoxy groups -OCH3 is 1. The molecule has 0 saturated heterocycles. The summed E-state index contributed by atoms with van der Waals surface area (Å²) in [5.41, 5.74) is 5.57. The second kappa shape index (κ2) is 5.46. The topological polar surface area (TPSA) is 68.3 Å². The Labute approximate surface area is 93.7 Å². The molecule has 0 bridgehead atoms. The Kier molecular flexibility index (Phi) is 4.25. The standard InChI is InChI=1S/C11H15FN2O2/c1-7(15-2)6-16-10-4-3-8(11(13)14)5-9(10)12/h3-5,7H,6H2,1-2H3,(H3,13,14). The third-order valence-corrected chi connectivity index (χ3v) is 2.12. The number of nitrogen functional groups attached to an aromatic ring is 1. The average Bonchev–Trinajstić information content (AvgIpc) is 2.26. The van der Waals surface area contributed by atoms with Crippen molar-refractivity contribution in [2.45, 2.75) is 13.0 Å². The van der Waals surface area contributed by atoms with Gasteiger partial charge in [-0.3, -0.25) is 5.41 Å². The molecule has 1 rings (SSSR count). The van der Waals surface area contributed by atoms with Crippen LogP contribution in [0.15, 0.2) is 18.2 Å². The number of benzene rings is 1. The molecule has 1 aromatic carbocycles. The van der Waals surface area contributed by atoms with Crippen molar-refractivity contribution in [1.29, 1.82) is 5.41 Å². The fraction of sp³-hybridized carbons (Fsp3) is 0.364. The van der Waals surface area contributed by atoms with Gasteiger partial charge < -0.3 is 15.2 Å². The van der Waals surface area contributed by atoms with E-state index in [4.69, 9.17) is 20.6 Å². The second-order valence-electron chi connectivity index (χ2n) is 3.42. The largest absolute Gasteiger partial charge is 0.488 e. The number of rotatable bonds is 5. The van der Waals surface area contributed by atoms with Crippen LogP contribution in [0.2, 0.25) is 0 Å². The highest BCUT2D eigenvalue weighted by Gasteiger charge is 2.08. The number of nitrogens with one attached hydrogen (secondary N) is 1. The van der Waals surface area contributed by atoms with Gasteiger partial charge in [-0.25, -0.2) is 4.39 Å². The summed E-state index contributed by atoms with van der Waals surface area (Å²) in [6.45, 7) is 2.09. The van der Waals surface area contributed by atoms with Crippen molar-refractivity contribution in [3.8, 4) is 5.75 Å². The summed E-state index contributed by atoms with van der Waals surface area (Å²) in [4.78, 5) is 0. The number of nitrogens with two attached hydrogens (primary N) is 1. The normalized spacial score (nSPS) is 12.2. The van der Waals surface area contributed by atoms with E-state index in [1.807, 2.05) is 6.92 Å². The van der Waals surface area contributed by atoms with Crippen LogP contribution in [0.3, 0.4) is 0 Å². The Morgan fingerprint density at radius 2 is 2.25 bits per heavy atom. The minimum atomic E-state index is -0.531. The zero-order valence-corrected chi connectivity index (χ0v) is 9.29. The molecular formula is C11H15FN2O2. The maximum Gasteiger partial charge on any atom is 0.165 e. The van der Waals surface area contributed by atoms with Crippen molar-refractivity contribution in [3.63, 3.8) is 0 Å². The first-order valence-corrected chi connectivity index (χ1v) is 4.84. The maximum absolute atomic E-state index is 13.4. The maximum atomic E-state index is 13.4. The van der Waals surface area contributed by atoms with Crippen LogP contribution in [0.1, 0.15) is 12.5 Å². The van der Waals surface area contributed by atoms with Crippen molar-refractivity contribution in [2.24, 2.45) is 5.73 Å². The van der Waals surface area contributed by atoms with Gasteiger partial charge in [-0.15, -0.1) is 0 Å². The number of ether oxygens (including phenoxy) is 2. The zero-order chi connectivity index (χ0) is 12.1. The van der Waals surface area contributed by atoms with E-state index < -0.39 is 5.82 Å². The summed E-state index contributed by atoms with van der Waals surface area (Å²) in [6, 6.07) is 4.17. The lowest BCUT2D eigenvalue weighted by molar-refractivity contribution is 0.0702. The molecule has 4 nitrogen and oxygen atoms in total. The first kappa shape index (κ1) is 12.4. The molecule has 0 aliphatic rings. The molecule has 0 saturated carbocycles. The molecule has 0 aromatic heterocycles. The molecule has 0 aliphatic heterocycles. The molecule has 1 unspecified atom stereocenters. The molecule has 5 heteroatoms. The molecule has 0 radical (unpaired) electrons. The van der Waals surface area contributed by atoms with Gasteiger partial charge in [-0.05, 0) is 25.1 Å². The molecule has 16 heavy (non-hydrogen) atoms. The van der Waals surface area contributed by atoms with Gasteiger partial charge in [0, 0.05) is 12.7 Å². The molecule has 0 fully saturated rings. The number of hydrogen-bond acceptors (Lipinski definition) is 3. The minimum absolute atomic E-state index is 0.105. The van der Waals surface area contributed by atoms with E-state index in [0.717, 1.165) is 0 Å². The van der Waals surface area contributed by atoms with Gasteiger partial charge in [0.15, 0.2) is 11.6 Å². The number of amidine groups is 1. The van der Waals surface area contributed by atoms with Crippen molar-refractivity contribution in [3.05, 3.63) is 29.6 Å². The van der Waals surface area contributed by atoms with Gasteiger partial charge in [0.1, 0.15) is 12.4 Å². The molecule has 0 spiro atoms. The Bertz CT molecular complexity index is 382. The highest BCUT2D eigenvalue weighted by Crippen LogP contribution is 2.18. The lowest BCUT2D eigenvalue weighted by Gasteiger charge is -2.12. The van der Waals surface area contributed by atoms with E-state index in [-0.39, 0.29) is 24.3 Å². The van der Waals surface area contributed by atoms with Crippen LogP contribution in [0, 0.1) is 11.2 Å². The molecular weight excluding hydrogens is 211 g/mol. The van der Waals surface area contributed by atoms with Crippen LogP contribution in [-0.4, -0.2) is 25.7 Å². The number of hydrogen-bond donors (Lipinski definition) is 2. The fourth-order valence-corrected chi connectivity index (χ4v) is 1.06. The Morgan fingerprint density at radius 3 is 2.75 bits per heavy atom. The van der Waals surface area contributed by atoms with Gasteiger partial charge in [0.05, 0.1) is 6.10 Å². The van der Waals surface area contributed by atoms with Gasteiger partial charge in [-0.1, -0.05) is 0 Å².